The summed E-state index contributed by atoms with van der Waals surface area (Å²) in [5, 5.41) is 12.5. The number of ether oxygens (including phenoxy) is 1. The number of methoxy groups -OCH3 is 1. The first kappa shape index (κ1) is 22.7. The molecule has 4 rings (SSSR count). The molecule has 0 N–H and O–H groups in total. The second kappa shape index (κ2) is 9.01. The maximum atomic E-state index is 12.9. The molecule has 0 aliphatic carbocycles. The van der Waals surface area contributed by atoms with Gasteiger partial charge in [-0.15, -0.1) is 12.4 Å². The summed E-state index contributed by atoms with van der Waals surface area (Å²) < 4.78 is 47.8. The number of hydrogen-bond donors (Lipinski definition) is 0. The van der Waals surface area contributed by atoms with Crippen molar-refractivity contribution in [2.24, 2.45) is 4.99 Å². The van der Waals surface area contributed by atoms with E-state index in [0.717, 1.165) is 54.4 Å². The molecule has 2 aromatic carbocycles. The molecule has 0 unspecified atom stereocenters. The van der Waals surface area contributed by atoms with Gasteiger partial charge in [0, 0.05) is 11.5 Å². The van der Waals surface area contributed by atoms with E-state index >= 15 is 0 Å². The van der Waals surface area contributed by atoms with Gasteiger partial charge in [0.1, 0.15) is 18.5 Å². The van der Waals surface area contributed by atoms with Gasteiger partial charge in [0.25, 0.3) is 5.82 Å². The minimum Gasteiger partial charge on any atom is -0.859 e. The molecule has 1 aliphatic rings. The van der Waals surface area contributed by atoms with Crippen molar-refractivity contribution >= 4 is 24.0 Å². The molecule has 0 atom stereocenters. The molecule has 0 fully saturated rings. The maximum absolute atomic E-state index is 12.9. The second-order valence-electron chi connectivity index (χ2n) is 7.10. The maximum Gasteiger partial charge on any atom is 0.416 e. The summed E-state index contributed by atoms with van der Waals surface area (Å²) in [5.41, 5.74) is 1.16. The van der Waals surface area contributed by atoms with E-state index in [1.54, 1.807) is 7.11 Å². The fourth-order valence-corrected chi connectivity index (χ4v) is 3.72. The molecule has 0 saturated heterocycles. The minimum atomic E-state index is -4.47. The van der Waals surface area contributed by atoms with E-state index in [-0.39, 0.29) is 24.6 Å². The number of hydrogen-bond acceptors (Lipinski definition) is 3. The average molecular weight is 452 g/mol. The van der Waals surface area contributed by atoms with Gasteiger partial charge in [0.15, 0.2) is 5.69 Å². The molecule has 164 valence electrons. The van der Waals surface area contributed by atoms with Gasteiger partial charge in [-0.3, -0.25) is 4.99 Å². The van der Waals surface area contributed by atoms with E-state index < -0.39 is 17.6 Å². The first-order valence-corrected chi connectivity index (χ1v) is 9.53. The number of fused-ring (bicyclic) bond motifs is 1. The fourth-order valence-electron chi connectivity index (χ4n) is 3.72. The van der Waals surface area contributed by atoms with E-state index in [9.17, 15) is 18.3 Å². The lowest BCUT2D eigenvalue weighted by molar-refractivity contribution is -0.693. The summed E-state index contributed by atoms with van der Waals surface area (Å²) in [6, 6.07) is 12.2. The SMILES string of the molecule is COc1ccc(-c2c[n+](CC([O-])=Nc3cccc(C(F)(F)F)c3)c3n2CCC3)cc1.Cl. The standard InChI is InChI=1S/C22H20F3N3O2.ClH/c1-30-18-9-7-15(8-10-18)19-13-27(21-6-3-11-28(19)21)14-20(29)26-17-5-2-4-16(12-17)22(23,24)25;/h2,4-5,7-10,12-13H,3,6,11,14H2,1H3;1H. The number of halogens is 4. The molecule has 1 aromatic heterocycles. The summed E-state index contributed by atoms with van der Waals surface area (Å²) in [5.74, 6) is 1.27. The van der Waals surface area contributed by atoms with Gasteiger partial charge in [-0.25, -0.2) is 9.13 Å². The third-order valence-electron chi connectivity index (χ3n) is 5.11. The zero-order valence-electron chi connectivity index (χ0n) is 16.7. The van der Waals surface area contributed by atoms with Crippen molar-refractivity contribution in [3.63, 3.8) is 0 Å². The summed E-state index contributed by atoms with van der Waals surface area (Å²) in [6.45, 7) is 0.824. The molecule has 9 heteroatoms. The van der Waals surface area contributed by atoms with Gasteiger partial charge in [-0.2, -0.15) is 13.2 Å². The van der Waals surface area contributed by atoms with Crippen molar-refractivity contribution in [3.8, 4) is 17.0 Å². The Bertz CT molecular complexity index is 1090. The molecule has 3 aromatic rings. The van der Waals surface area contributed by atoms with Gasteiger partial charge < -0.3 is 9.84 Å². The highest BCUT2D eigenvalue weighted by atomic mass is 35.5. The molecule has 31 heavy (non-hydrogen) atoms. The normalized spacial score (nSPS) is 13.6. The summed E-state index contributed by atoms with van der Waals surface area (Å²) >= 11 is 0. The van der Waals surface area contributed by atoms with Crippen molar-refractivity contribution in [1.29, 1.82) is 0 Å². The predicted molar refractivity (Wildman–Crippen MR) is 111 cm³/mol. The van der Waals surface area contributed by atoms with Crippen molar-refractivity contribution < 1.29 is 27.6 Å². The van der Waals surface area contributed by atoms with Crippen molar-refractivity contribution in [2.45, 2.75) is 32.1 Å². The van der Waals surface area contributed by atoms with E-state index in [4.69, 9.17) is 4.74 Å². The molecule has 0 radical (unpaired) electrons. The van der Waals surface area contributed by atoms with Gasteiger partial charge in [-0.1, -0.05) is 6.07 Å². The Balaban J connectivity index is 0.00000272. The monoisotopic (exact) mass is 451 g/mol. The van der Waals surface area contributed by atoms with E-state index in [0.29, 0.717) is 0 Å². The first-order chi connectivity index (χ1) is 14.3. The molecule has 0 amide bonds. The van der Waals surface area contributed by atoms with Gasteiger partial charge in [-0.05, 0) is 48.9 Å². The largest absolute Gasteiger partial charge is 0.859 e. The molecular weight excluding hydrogens is 431 g/mol. The van der Waals surface area contributed by atoms with Crippen molar-refractivity contribution in [3.05, 3.63) is 66.1 Å². The summed E-state index contributed by atoms with van der Waals surface area (Å²) in [6.07, 6.45) is -0.777. The number of rotatable bonds is 5. The first-order valence-electron chi connectivity index (χ1n) is 9.53. The van der Waals surface area contributed by atoms with Crippen LogP contribution in [0, 0.1) is 0 Å². The Kier molecular flexibility index (Phi) is 6.59. The number of nitrogens with zero attached hydrogens (tertiary/aromatic N) is 3. The number of aliphatic imine (C=N–C) groups is 1. The van der Waals surface area contributed by atoms with Crippen LogP contribution in [0.5, 0.6) is 5.75 Å². The highest BCUT2D eigenvalue weighted by Gasteiger charge is 2.30. The molecule has 0 bridgehead atoms. The zero-order valence-corrected chi connectivity index (χ0v) is 17.5. The lowest BCUT2D eigenvalue weighted by Gasteiger charge is -2.10. The van der Waals surface area contributed by atoms with Crippen LogP contribution in [0.25, 0.3) is 11.3 Å². The smallest absolute Gasteiger partial charge is 0.416 e. The van der Waals surface area contributed by atoms with Gasteiger partial charge in [0.05, 0.1) is 31.3 Å². The second-order valence-corrected chi connectivity index (χ2v) is 7.10. The van der Waals surface area contributed by atoms with Crippen LogP contribution in [0.4, 0.5) is 18.9 Å². The third kappa shape index (κ3) is 4.85. The number of alkyl halides is 3. The Morgan fingerprint density at radius 1 is 1.19 bits per heavy atom. The highest BCUT2D eigenvalue weighted by molar-refractivity contribution is 5.85. The Morgan fingerprint density at radius 2 is 1.94 bits per heavy atom. The Morgan fingerprint density at radius 3 is 2.61 bits per heavy atom. The molecule has 0 spiro atoms. The van der Waals surface area contributed by atoms with Crippen LogP contribution in [0.3, 0.4) is 0 Å². The molecular formula is C22H21ClF3N3O2. The lowest BCUT2D eigenvalue weighted by atomic mass is 10.1. The van der Waals surface area contributed by atoms with Crippen LogP contribution in [-0.4, -0.2) is 17.6 Å². The lowest BCUT2D eigenvalue weighted by Crippen LogP contribution is -2.43. The quantitative estimate of drug-likeness (QED) is 0.335. The Labute approximate surface area is 183 Å². The average Bonchev–Trinajstić information content (AvgIpc) is 3.32. The van der Waals surface area contributed by atoms with E-state index in [1.165, 1.54) is 12.1 Å². The number of aromatic nitrogens is 2. The van der Waals surface area contributed by atoms with Crippen molar-refractivity contribution in [1.82, 2.24) is 4.57 Å². The number of imidazole rings is 1. The van der Waals surface area contributed by atoms with E-state index in [2.05, 4.69) is 9.56 Å². The molecule has 5 nitrogen and oxygen atoms in total. The highest BCUT2D eigenvalue weighted by Crippen LogP contribution is 2.31. The topological polar surface area (TPSA) is 53.5 Å². The molecule has 1 aliphatic heterocycles. The van der Waals surface area contributed by atoms with Gasteiger partial charge in [0.2, 0.25) is 0 Å². The van der Waals surface area contributed by atoms with Crippen LogP contribution >= 0.6 is 12.4 Å². The van der Waals surface area contributed by atoms with Crippen LogP contribution in [0.15, 0.2) is 59.7 Å². The zero-order chi connectivity index (χ0) is 21.3. The minimum absolute atomic E-state index is 0. The summed E-state index contributed by atoms with van der Waals surface area (Å²) in [4.78, 5) is 3.87. The fraction of sp³-hybridized carbons (Fsp3) is 0.273. The van der Waals surface area contributed by atoms with Gasteiger partial charge >= 0.3 is 6.18 Å². The number of benzene rings is 2. The van der Waals surface area contributed by atoms with Crippen LogP contribution in [-0.2, 0) is 25.7 Å². The third-order valence-corrected chi connectivity index (χ3v) is 5.11. The van der Waals surface area contributed by atoms with Crippen molar-refractivity contribution in [2.75, 3.05) is 7.11 Å². The summed E-state index contributed by atoms with van der Waals surface area (Å²) in [7, 11) is 1.61. The van der Waals surface area contributed by atoms with Crippen LogP contribution in [0.2, 0.25) is 0 Å². The Hall–Kier alpha value is -3.00. The van der Waals surface area contributed by atoms with Crippen LogP contribution in [0.1, 0.15) is 17.8 Å². The molecule has 0 saturated carbocycles. The van der Waals surface area contributed by atoms with Crippen LogP contribution < -0.4 is 14.4 Å². The molecule has 2 heterocycles. The van der Waals surface area contributed by atoms with E-state index in [1.807, 2.05) is 35.0 Å². The predicted octanol–water partition coefficient (Wildman–Crippen LogP) is 3.93.